The lowest BCUT2D eigenvalue weighted by atomic mass is 9.84. The average molecular weight is 310 g/mol. The molecule has 1 amide bonds. The molecular formula is C19H22N2O2. The van der Waals surface area contributed by atoms with Crippen molar-refractivity contribution >= 4 is 16.7 Å². The summed E-state index contributed by atoms with van der Waals surface area (Å²) in [6.45, 7) is 3.33. The first kappa shape index (κ1) is 14.5. The highest BCUT2D eigenvalue weighted by molar-refractivity contribution is 6.01. The first-order chi connectivity index (χ1) is 11.2. The van der Waals surface area contributed by atoms with Crippen LogP contribution in [-0.2, 0) is 0 Å². The quantitative estimate of drug-likeness (QED) is 0.947. The minimum Gasteiger partial charge on any atom is -0.496 e. The van der Waals surface area contributed by atoms with Crippen molar-refractivity contribution in [2.75, 3.05) is 26.7 Å². The van der Waals surface area contributed by atoms with Crippen molar-refractivity contribution in [3.8, 4) is 5.75 Å². The maximum atomic E-state index is 12.8. The molecule has 2 bridgehead atoms. The molecule has 0 aromatic heterocycles. The number of methoxy groups -OCH3 is 1. The fourth-order valence-corrected chi connectivity index (χ4v) is 3.94. The number of nitrogens with one attached hydrogen (secondary N) is 1. The SMILES string of the molecule is COc1cc2ccccc2cc1C(=O)NC1CN2CCC1CC2. The number of carbonyl (C=O) groups is 1. The Hall–Kier alpha value is -2.07. The minimum absolute atomic E-state index is 0.0219. The summed E-state index contributed by atoms with van der Waals surface area (Å²) in [6.07, 6.45) is 2.39. The van der Waals surface area contributed by atoms with Crippen LogP contribution in [0.3, 0.4) is 0 Å². The van der Waals surface area contributed by atoms with E-state index in [1.165, 1.54) is 25.9 Å². The lowest BCUT2D eigenvalue weighted by Crippen LogP contribution is -2.57. The van der Waals surface area contributed by atoms with Crippen LogP contribution in [0.5, 0.6) is 5.75 Å². The van der Waals surface area contributed by atoms with E-state index in [0.717, 1.165) is 17.3 Å². The maximum absolute atomic E-state index is 12.8. The van der Waals surface area contributed by atoms with Gasteiger partial charge in [-0.3, -0.25) is 4.79 Å². The number of carbonyl (C=O) groups excluding carboxylic acids is 1. The second-order valence-electron chi connectivity index (χ2n) is 6.62. The highest BCUT2D eigenvalue weighted by Crippen LogP contribution is 2.29. The highest BCUT2D eigenvalue weighted by Gasteiger charge is 2.35. The molecule has 4 nitrogen and oxygen atoms in total. The lowest BCUT2D eigenvalue weighted by molar-refractivity contribution is 0.0619. The maximum Gasteiger partial charge on any atom is 0.255 e. The van der Waals surface area contributed by atoms with Gasteiger partial charge in [-0.15, -0.1) is 0 Å². The minimum atomic E-state index is -0.0219. The molecule has 120 valence electrons. The summed E-state index contributed by atoms with van der Waals surface area (Å²) in [6, 6.07) is 12.2. The number of ether oxygens (including phenoxy) is 1. The number of nitrogens with zero attached hydrogens (tertiary/aromatic N) is 1. The fourth-order valence-electron chi connectivity index (χ4n) is 3.94. The average Bonchev–Trinajstić information content (AvgIpc) is 2.61. The van der Waals surface area contributed by atoms with E-state index >= 15 is 0 Å². The number of amides is 1. The van der Waals surface area contributed by atoms with E-state index in [4.69, 9.17) is 4.74 Å². The molecule has 1 atom stereocenters. The molecule has 3 aliphatic heterocycles. The summed E-state index contributed by atoms with van der Waals surface area (Å²) in [4.78, 5) is 15.2. The van der Waals surface area contributed by atoms with Crippen molar-refractivity contribution in [2.45, 2.75) is 18.9 Å². The first-order valence-corrected chi connectivity index (χ1v) is 8.34. The summed E-state index contributed by atoms with van der Waals surface area (Å²) in [5.41, 5.74) is 0.627. The van der Waals surface area contributed by atoms with Gasteiger partial charge in [0.2, 0.25) is 0 Å². The van der Waals surface area contributed by atoms with Crippen molar-refractivity contribution in [1.29, 1.82) is 0 Å². The first-order valence-electron chi connectivity index (χ1n) is 8.34. The van der Waals surface area contributed by atoms with Crippen LogP contribution < -0.4 is 10.1 Å². The normalized spacial score (nSPS) is 26.2. The van der Waals surface area contributed by atoms with Gasteiger partial charge in [-0.25, -0.2) is 0 Å². The van der Waals surface area contributed by atoms with Crippen molar-refractivity contribution in [2.24, 2.45) is 5.92 Å². The number of hydrogen-bond acceptors (Lipinski definition) is 3. The van der Waals surface area contributed by atoms with Crippen molar-refractivity contribution in [3.05, 3.63) is 42.0 Å². The summed E-state index contributed by atoms with van der Waals surface area (Å²) in [5.74, 6) is 1.24. The zero-order valence-electron chi connectivity index (χ0n) is 13.4. The van der Waals surface area contributed by atoms with Crippen LogP contribution in [0.25, 0.3) is 10.8 Å². The van der Waals surface area contributed by atoms with Crippen LogP contribution in [0, 0.1) is 5.92 Å². The number of fused-ring (bicyclic) bond motifs is 4. The molecule has 23 heavy (non-hydrogen) atoms. The predicted molar refractivity (Wildman–Crippen MR) is 90.9 cm³/mol. The summed E-state index contributed by atoms with van der Waals surface area (Å²) in [7, 11) is 1.62. The zero-order valence-corrected chi connectivity index (χ0v) is 13.4. The molecule has 0 saturated carbocycles. The Kier molecular flexibility index (Phi) is 3.69. The van der Waals surface area contributed by atoms with Gasteiger partial charge in [0.25, 0.3) is 5.91 Å². The molecule has 1 unspecified atom stereocenters. The molecule has 3 fully saturated rings. The van der Waals surface area contributed by atoms with E-state index in [-0.39, 0.29) is 11.9 Å². The van der Waals surface area contributed by atoms with Crippen LogP contribution in [0.2, 0.25) is 0 Å². The molecule has 2 aromatic carbocycles. The Labute approximate surface area is 136 Å². The lowest BCUT2D eigenvalue weighted by Gasteiger charge is -2.44. The van der Waals surface area contributed by atoms with Crippen LogP contribution in [-0.4, -0.2) is 43.6 Å². The molecule has 0 spiro atoms. The summed E-state index contributed by atoms with van der Waals surface area (Å²) in [5, 5.41) is 5.39. The zero-order chi connectivity index (χ0) is 15.8. The highest BCUT2D eigenvalue weighted by atomic mass is 16.5. The molecule has 4 heteroatoms. The third-order valence-corrected chi connectivity index (χ3v) is 5.29. The van der Waals surface area contributed by atoms with Gasteiger partial charge in [-0.05, 0) is 54.8 Å². The van der Waals surface area contributed by atoms with Crippen LogP contribution in [0.1, 0.15) is 23.2 Å². The Morgan fingerprint density at radius 1 is 1.17 bits per heavy atom. The largest absolute Gasteiger partial charge is 0.496 e. The molecule has 1 N–H and O–H groups in total. The standard InChI is InChI=1S/C19H22N2O2/c1-23-18-11-15-5-3-2-4-14(15)10-16(18)19(22)20-17-12-21-8-6-13(17)7-9-21/h2-5,10-11,13,17H,6-9,12H2,1H3,(H,20,22). The molecule has 2 aromatic rings. The second kappa shape index (κ2) is 5.85. The fraction of sp³-hybridized carbons (Fsp3) is 0.421. The van der Waals surface area contributed by atoms with Gasteiger partial charge in [0.15, 0.2) is 0 Å². The Morgan fingerprint density at radius 2 is 1.87 bits per heavy atom. The van der Waals surface area contributed by atoms with Gasteiger partial charge in [0.05, 0.1) is 12.7 Å². The van der Waals surface area contributed by atoms with Crippen molar-refractivity contribution < 1.29 is 9.53 Å². The number of rotatable bonds is 3. The molecule has 0 radical (unpaired) electrons. The van der Waals surface area contributed by atoms with Gasteiger partial charge < -0.3 is 15.0 Å². The van der Waals surface area contributed by atoms with Crippen LogP contribution in [0.4, 0.5) is 0 Å². The van der Waals surface area contributed by atoms with E-state index in [1.807, 2.05) is 36.4 Å². The van der Waals surface area contributed by atoms with Gasteiger partial charge in [0.1, 0.15) is 5.75 Å². The number of benzene rings is 2. The van der Waals surface area contributed by atoms with Gasteiger partial charge in [0, 0.05) is 12.6 Å². The summed E-state index contributed by atoms with van der Waals surface area (Å²) >= 11 is 0. The number of piperidine rings is 3. The van der Waals surface area contributed by atoms with E-state index in [0.29, 0.717) is 17.2 Å². The molecule has 3 aliphatic rings. The van der Waals surface area contributed by atoms with E-state index < -0.39 is 0 Å². The predicted octanol–water partition coefficient (Wildman–Crippen LogP) is 2.67. The molecule has 3 heterocycles. The van der Waals surface area contributed by atoms with Crippen LogP contribution >= 0.6 is 0 Å². The topological polar surface area (TPSA) is 41.6 Å². The van der Waals surface area contributed by atoms with E-state index in [1.54, 1.807) is 7.11 Å². The Morgan fingerprint density at radius 3 is 2.48 bits per heavy atom. The molecule has 0 aliphatic carbocycles. The third kappa shape index (κ3) is 2.68. The second-order valence-corrected chi connectivity index (χ2v) is 6.62. The van der Waals surface area contributed by atoms with Gasteiger partial charge >= 0.3 is 0 Å². The Balaban J connectivity index is 1.61. The molecular weight excluding hydrogens is 288 g/mol. The van der Waals surface area contributed by atoms with Crippen molar-refractivity contribution in [1.82, 2.24) is 10.2 Å². The van der Waals surface area contributed by atoms with Crippen molar-refractivity contribution in [3.63, 3.8) is 0 Å². The molecule has 3 saturated heterocycles. The van der Waals surface area contributed by atoms with E-state index in [2.05, 4.69) is 10.2 Å². The van der Waals surface area contributed by atoms with Crippen LogP contribution in [0.15, 0.2) is 36.4 Å². The molecule has 5 rings (SSSR count). The third-order valence-electron chi connectivity index (χ3n) is 5.29. The van der Waals surface area contributed by atoms with Gasteiger partial charge in [-0.1, -0.05) is 24.3 Å². The monoisotopic (exact) mass is 310 g/mol. The Bertz CT molecular complexity index is 735. The van der Waals surface area contributed by atoms with Gasteiger partial charge in [-0.2, -0.15) is 0 Å². The summed E-state index contributed by atoms with van der Waals surface area (Å²) < 4.78 is 5.45. The van der Waals surface area contributed by atoms with E-state index in [9.17, 15) is 4.79 Å². The smallest absolute Gasteiger partial charge is 0.255 e. The number of hydrogen-bond donors (Lipinski definition) is 1.